The van der Waals surface area contributed by atoms with E-state index >= 15 is 0 Å². The third-order valence-corrected chi connectivity index (χ3v) is 3.51. The van der Waals surface area contributed by atoms with Crippen molar-refractivity contribution in [2.45, 2.75) is 40.2 Å². The lowest BCUT2D eigenvalue weighted by atomic mass is 9.96. The van der Waals surface area contributed by atoms with E-state index in [1.165, 1.54) is 0 Å². The standard InChI is InChI=1S/C18H30N2O3/c1-13-15(17(22)19-10-9-14(21)11-23-5)7-6-8-16(13)20-12-18(2,3)4/h6-8,14,20-21H,9-12H2,1-5H3,(H,19,22). The van der Waals surface area contributed by atoms with Gasteiger partial charge in [0, 0.05) is 31.5 Å². The molecule has 0 fully saturated rings. The van der Waals surface area contributed by atoms with Crippen molar-refractivity contribution in [3.63, 3.8) is 0 Å². The quantitative estimate of drug-likeness (QED) is 0.688. The van der Waals surface area contributed by atoms with Gasteiger partial charge in [0.2, 0.25) is 0 Å². The zero-order valence-corrected chi connectivity index (χ0v) is 14.9. The van der Waals surface area contributed by atoms with E-state index < -0.39 is 6.10 Å². The topological polar surface area (TPSA) is 70.6 Å². The molecule has 5 heteroatoms. The fourth-order valence-electron chi connectivity index (χ4n) is 2.16. The molecular weight excluding hydrogens is 292 g/mol. The average Bonchev–Trinajstić information content (AvgIpc) is 2.45. The molecule has 0 radical (unpaired) electrons. The third-order valence-electron chi connectivity index (χ3n) is 3.51. The molecule has 5 nitrogen and oxygen atoms in total. The molecule has 0 heterocycles. The van der Waals surface area contributed by atoms with Crippen molar-refractivity contribution in [1.29, 1.82) is 0 Å². The Morgan fingerprint density at radius 2 is 2.04 bits per heavy atom. The van der Waals surface area contributed by atoms with Gasteiger partial charge >= 0.3 is 0 Å². The number of anilines is 1. The summed E-state index contributed by atoms with van der Waals surface area (Å²) >= 11 is 0. The fraction of sp³-hybridized carbons (Fsp3) is 0.611. The van der Waals surface area contributed by atoms with Gasteiger partial charge in [0.15, 0.2) is 0 Å². The Bertz CT molecular complexity index is 509. The highest BCUT2D eigenvalue weighted by atomic mass is 16.5. The second kappa shape index (κ2) is 8.89. The van der Waals surface area contributed by atoms with E-state index in [-0.39, 0.29) is 17.9 Å². The third kappa shape index (κ3) is 7.01. The number of methoxy groups -OCH3 is 1. The largest absolute Gasteiger partial charge is 0.391 e. The number of carbonyl (C=O) groups excluding carboxylic acids is 1. The molecular formula is C18H30N2O3. The molecule has 0 saturated heterocycles. The van der Waals surface area contributed by atoms with E-state index in [2.05, 4.69) is 31.4 Å². The number of rotatable bonds is 8. The lowest BCUT2D eigenvalue weighted by molar-refractivity contribution is 0.0587. The first-order chi connectivity index (χ1) is 10.7. The summed E-state index contributed by atoms with van der Waals surface area (Å²) in [5, 5.41) is 15.8. The van der Waals surface area contributed by atoms with Crippen LogP contribution in [0, 0.1) is 12.3 Å². The molecule has 0 spiro atoms. The Morgan fingerprint density at radius 1 is 1.35 bits per heavy atom. The monoisotopic (exact) mass is 322 g/mol. The maximum absolute atomic E-state index is 12.3. The summed E-state index contributed by atoms with van der Waals surface area (Å²) in [5.41, 5.74) is 2.74. The SMILES string of the molecule is COCC(O)CCNC(=O)c1cccc(NCC(C)(C)C)c1C. The van der Waals surface area contributed by atoms with Gasteiger partial charge in [-0.2, -0.15) is 0 Å². The van der Waals surface area contributed by atoms with Gasteiger partial charge in [0.1, 0.15) is 0 Å². The van der Waals surface area contributed by atoms with Crippen LogP contribution < -0.4 is 10.6 Å². The summed E-state index contributed by atoms with van der Waals surface area (Å²) in [6.45, 7) is 9.97. The highest BCUT2D eigenvalue weighted by molar-refractivity contribution is 5.97. The first-order valence-electron chi connectivity index (χ1n) is 8.03. The molecule has 0 aliphatic rings. The van der Waals surface area contributed by atoms with E-state index in [9.17, 15) is 9.90 Å². The van der Waals surface area contributed by atoms with Crippen LogP contribution in [-0.2, 0) is 4.74 Å². The Kier molecular flexibility index (Phi) is 7.52. The van der Waals surface area contributed by atoms with Gasteiger partial charge in [-0.3, -0.25) is 4.79 Å². The van der Waals surface area contributed by atoms with Crippen molar-refractivity contribution in [2.75, 3.05) is 32.1 Å². The van der Waals surface area contributed by atoms with Crippen LogP contribution in [0.4, 0.5) is 5.69 Å². The normalized spacial score (nSPS) is 12.8. The van der Waals surface area contributed by atoms with Crippen LogP contribution in [0.2, 0.25) is 0 Å². The maximum Gasteiger partial charge on any atom is 0.251 e. The molecule has 3 N–H and O–H groups in total. The van der Waals surface area contributed by atoms with Crippen LogP contribution in [0.25, 0.3) is 0 Å². The van der Waals surface area contributed by atoms with E-state index in [1.54, 1.807) is 7.11 Å². The average molecular weight is 322 g/mol. The molecule has 0 aromatic heterocycles. The number of nitrogens with one attached hydrogen (secondary N) is 2. The minimum Gasteiger partial charge on any atom is -0.391 e. The second-order valence-corrected chi connectivity index (χ2v) is 7.05. The molecule has 130 valence electrons. The lowest BCUT2D eigenvalue weighted by Crippen LogP contribution is -2.29. The molecule has 1 rings (SSSR count). The van der Waals surface area contributed by atoms with Crippen molar-refractivity contribution in [3.05, 3.63) is 29.3 Å². The molecule has 0 saturated carbocycles. The summed E-state index contributed by atoms with van der Waals surface area (Å²) in [7, 11) is 1.54. The van der Waals surface area contributed by atoms with Gasteiger partial charge in [-0.15, -0.1) is 0 Å². The molecule has 0 bridgehead atoms. The summed E-state index contributed by atoms with van der Waals surface area (Å²) in [6, 6.07) is 5.69. The number of hydrogen-bond donors (Lipinski definition) is 3. The van der Waals surface area contributed by atoms with Gasteiger partial charge in [-0.1, -0.05) is 26.8 Å². The first kappa shape index (κ1) is 19.5. The summed E-state index contributed by atoms with van der Waals surface area (Å²) in [5.74, 6) is -0.119. The van der Waals surface area contributed by atoms with E-state index in [4.69, 9.17) is 4.74 Å². The van der Waals surface area contributed by atoms with Gasteiger partial charge in [-0.05, 0) is 36.5 Å². The van der Waals surface area contributed by atoms with Crippen molar-refractivity contribution >= 4 is 11.6 Å². The second-order valence-electron chi connectivity index (χ2n) is 7.05. The van der Waals surface area contributed by atoms with Gasteiger partial charge < -0.3 is 20.5 Å². The number of benzene rings is 1. The Balaban J connectivity index is 2.63. The van der Waals surface area contributed by atoms with E-state index in [0.717, 1.165) is 17.8 Å². The van der Waals surface area contributed by atoms with Crippen LogP contribution in [-0.4, -0.2) is 43.9 Å². The highest BCUT2D eigenvalue weighted by Gasteiger charge is 2.14. The Morgan fingerprint density at radius 3 is 2.65 bits per heavy atom. The van der Waals surface area contributed by atoms with Crippen LogP contribution in [0.15, 0.2) is 18.2 Å². The first-order valence-corrected chi connectivity index (χ1v) is 8.03. The van der Waals surface area contributed by atoms with Crippen molar-refractivity contribution in [2.24, 2.45) is 5.41 Å². The lowest BCUT2D eigenvalue weighted by Gasteiger charge is -2.21. The van der Waals surface area contributed by atoms with Gasteiger partial charge in [0.05, 0.1) is 12.7 Å². The molecule has 1 aromatic carbocycles. The molecule has 1 amide bonds. The molecule has 1 atom stereocenters. The van der Waals surface area contributed by atoms with Gasteiger partial charge in [0.25, 0.3) is 5.91 Å². The number of carbonyl (C=O) groups is 1. The number of aliphatic hydroxyl groups is 1. The van der Waals surface area contributed by atoms with Crippen LogP contribution in [0.5, 0.6) is 0 Å². The van der Waals surface area contributed by atoms with Gasteiger partial charge in [-0.25, -0.2) is 0 Å². The minimum absolute atomic E-state index is 0.119. The number of amides is 1. The Hall–Kier alpha value is -1.59. The zero-order valence-electron chi connectivity index (χ0n) is 14.9. The maximum atomic E-state index is 12.3. The molecule has 23 heavy (non-hydrogen) atoms. The smallest absolute Gasteiger partial charge is 0.251 e. The molecule has 1 unspecified atom stereocenters. The van der Waals surface area contributed by atoms with Crippen LogP contribution >= 0.6 is 0 Å². The molecule has 1 aromatic rings. The summed E-state index contributed by atoms with van der Waals surface area (Å²) < 4.78 is 4.86. The van der Waals surface area contributed by atoms with E-state index in [1.807, 2.05) is 25.1 Å². The number of aliphatic hydroxyl groups excluding tert-OH is 1. The predicted octanol–water partition coefficient (Wildman–Crippen LogP) is 2.58. The zero-order chi connectivity index (χ0) is 17.5. The Labute approximate surface area is 139 Å². The fourth-order valence-corrected chi connectivity index (χ4v) is 2.16. The molecule has 0 aliphatic heterocycles. The molecule has 0 aliphatic carbocycles. The van der Waals surface area contributed by atoms with E-state index in [0.29, 0.717) is 18.5 Å². The van der Waals surface area contributed by atoms with Crippen LogP contribution in [0.1, 0.15) is 43.1 Å². The van der Waals surface area contributed by atoms with Crippen molar-refractivity contribution in [3.8, 4) is 0 Å². The minimum atomic E-state index is -0.554. The van der Waals surface area contributed by atoms with Crippen LogP contribution in [0.3, 0.4) is 0 Å². The highest BCUT2D eigenvalue weighted by Crippen LogP contribution is 2.21. The summed E-state index contributed by atoms with van der Waals surface area (Å²) in [6.07, 6.45) is -0.0816. The summed E-state index contributed by atoms with van der Waals surface area (Å²) in [4.78, 5) is 12.3. The number of hydrogen-bond acceptors (Lipinski definition) is 4. The van der Waals surface area contributed by atoms with Crippen molar-refractivity contribution in [1.82, 2.24) is 5.32 Å². The predicted molar refractivity (Wildman–Crippen MR) is 94.0 cm³/mol. The van der Waals surface area contributed by atoms with Crippen molar-refractivity contribution < 1.29 is 14.6 Å². The number of ether oxygens (including phenoxy) is 1.